The number of nitrogens with two attached hydrogens (primary N) is 1. The van der Waals surface area contributed by atoms with E-state index in [9.17, 15) is 9.18 Å². The van der Waals surface area contributed by atoms with Crippen molar-refractivity contribution in [3.63, 3.8) is 0 Å². The molecule has 0 saturated heterocycles. The third kappa shape index (κ3) is 2.26. The summed E-state index contributed by atoms with van der Waals surface area (Å²) in [5.74, 6) is -1.06. The highest BCUT2D eigenvalue weighted by Crippen LogP contribution is 2.20. The van der Waals surface area contributed by atoms with Gasteiger partial charge in [0.15, 0.2) is 12.3 Å². The summed E-state index contributed by atoms with van der Waals surface area (Å²) in [5, 5.41) is 9.00. The first-order valence-corrected chi connectivity index (χ1v) is 3.79. The molecule has 2 atom stereocenters. The number of carbonyl (C=O) groups is 1. The van der Waals surface area contributed by atoms with Crippen molar-refractivity contribution in [2.24, 2.45) is 5.73 Å². The SMILES string of the molecule is NC(=O)[C@@H](O)[C@H](F)c1ccccc1. The third-order valence-corrected chi connectivity index (χ3v) is 1.69. The Morgan fingerprint density at radius 1 is 1.38 bits per heavy atom. The van der Waals surface area contributed by atoms with E-state index in [2.05, 4.69) is 0 Å². The topological polar surface area (TPSA) is 63.3 Å². The average molecular weight is 183 g/mol. The molecular formula is C9H10FNO2. The number of hydrogen-bond donors (Lipinski definition) is 2. The maximum absolute atomic E-state index is 13.2. The van der Waals surface area contributed by atoms with Gasteiger partial charge in [-0.25, -0.2) is 4.39 Å². The Bertz CT molecular complexity index is 289. The number of halogens is 1. The van der Waals surface area contributed by atoms with Crippen LogP contribution in [-0.2, 0) is 4.79 Å². The van der Waals surface area contributed by atoms with Gasteiger partial charge in [0.2, 0.25) is 5.91 Å². The maximum Gasteiger partial charge on any atom is 0.249 e. The van der Waals surface area contributed by atoms with Crippen molar-refractivity contribution >= 4 is 5.91 Å². The van der Waals surface area contributed by atoms with Crippen LogP contribution in [0.2, 0.25) is 0 Å². The normalized spacial score (nSPS) is 14.9. The minimum atomic E-state index is -1.78. The molecule has 0 aliphatic rings. The fraction of sp³-hybridized carbons (Fsp3) is 0.222. The number of primary amides is 1. The Morgan fingerprint density at radius 3 is 2.38 bits per heavy atom. The van der Waals surface area contributed by atoms with Gasteiger partial charge in [-0.3, -0.25) is 4.79 Å². The van der Waals surface area contributed by atoms with Crippen LogP contribution in [0.4, 0.5) is 4.39 Å². The third-order valence-electron chi connectivity index (χ3n) is 1.69. The molecule has 4 heteroatoms. The van der Waals surface area contributed by atoms with Crippen LogP contribution in [0.5, 0.6) is 0 Å². The lowest BCUT2D eigenvalue weighted by Gasteiger charge is -2.11. The Morgan fingerprint density at radius 2 is 1.92 bits per heavy atom. The average Bonchev–Trinajstić information content (AvgIpc) is 2.17. The molecule has 0 aliphatic carbocycles. The van der Waals surface area contributed by atoms with Crippen molar-refractivity contribution in [2.75, 3.05) is 0 Å². The van der Waals surface area contributed by atoms with Crippen LogP contribution in [0.3, 0.4) is 0 Å². The summed E-state index contributed by atoms with van der Waals surface area (Å²) in [4.78, 5) is 10.4. The number of benzene rings is 1. The second-order valence-corrected chi connectivity index (χ2v) is 2.66. The molecule has 70 valence electrons. The van der Waals surface area contributed by atoms with Gasteiger partial charge in [0.05, 0.1) is 0 Å². The van der Waals surface area contributed by atoms with Crippen molar-refractivity contribution in [2.45, 2.75) is 12.3 Å². The fourth-order valence-electron chi connectivity index (χ4n) is 0.963. The number of rotatable bonds is 3. The summed E-state index contributed by atoms with van der Waals surface area (Å²) in [5.41, 5.74) is 4.99. The first-order chi connectivity index (χ1) is 6.13. The molecule has 0 heterocycles. The molecule has 1 amide bonds. The number of hydrogen-bond acceptors (Lipinski definition) is 2. The molecule has 13 heavy (non-hydrogen) atoms. The first kappa shape index (κ1) is 9.67. The van der Waals surface area contributed by atoms with Crippen molar-refractivity contribution in [1.82, 2.24) is 0 Å². The highest BCUT2D eigenvalue weighted by molar-refractivity contribution is 5.79. The Hall–Kier alpha value is -1.42. The Labute approximate surface area is 75.0 Å². The first-order valence-electron chi connectivity index (χ1n) is 3.79. The molecule has 0 fully saturated rings. The monoisotopic (exact) mass is 183 g/mol. The summed E-state index contributed by atoms with van der Waals surface area (Å²) in [6, 6.07) is 7.92. The molecule has 0 saturated carbocycles. The summed E-state index contributed by atoms with van der Waals surface area (Å²) < 4.78 is 13.2. The minimum Gasteiger partial charge on any atom is -0.380 e. The molecule has 1 rings (SSSR count). The summed E-state index contributed by atoms with van der Waals surface area (Å²) in [6.07, 6.45) is -3.53. The fourth-order valence-corrected chi connectivity index (χ4v) is 0.963. The Kier molecular flexibility index (Phi) is 2.97. The summed E-state index contributed by atoms with van der Waals surface area (Å²) >= 11 is 0. The van der Waals surface area contributed by atoms with Crippen LogP contribution in [0.1, 0.15) is 11.7 Å². The van der Waals surface area contributed by atoms with E-state index in [1.165, 1.54) is 12.1 Å². The lowest BCUT2D eigenvalue weighted by atomic mass is 10.1. The second-order valence-electron chi connectivity index (χ2n) is 2.66. The van der Waals surface area contributed by atoms with E-state index in [1.54, 1.807) is 18.2 Å². The molecular weight excluding hydrogens is 173 g/mol. The van der Waals surface area contributed by atoms with Crippen LogP contribution in [-0.4, -0.2) is 17.1 Å². The van der Waals surface area contributed by atoms with Crippen molar-refractivity contribution in [1.29, 1.82) is 0 Å². The van der Waals surface area contributed by atoms with E-state index in [0.29, 0.717) is 0 Å². The molecule has 0 aromatic heterocycles. The van der Waals surface area contributed by atoms with E-state index >= 15 is 0 Å². The quantitative estimate of drug-likeness (QED) is 0.718. The van der Waals surface area contributed by atoms with Gasteiger partial charge in [0, 0.05) is 0 Å². The predicted octanol–water partition coefficient (Wildman–Crippen LogP) is 0.543. The van der Waals surface area contributed by atoms with Gasteiger partial charge in [0.1, 0.15) is 0 Å². The number of aliphatic hydroxyl groups is 1. The molecule has 0 aliphatic heterocycles. The Balaban J connectivity index is 2.79. The standard InChI is InChI=1S/C9H10FNO2/c10-7(8(12)9(11)13)6-4-2-1-3-5-6/h1-5,7-8,12H,(H2,11,13)/t7-,8+/m1/s1. The van der Waals surface area contributed by atoms with Gasteiger partial charge in [-0.2, -0.15) is 0 Å². The number of amides is 1. The zero-order valence-corrected chi connectivity index (χ0v) is 6.85. The largest absolute Gasteiger partial charge is 0.380 e. The summed E-state index contributed by atoms with van der Waals surface area (Å²) in [7, 11) is 0. The van der Waals surface area contributed by atoms with E-state index in [1.807, 2.05) is 0 Å². The molecule has 0 bridgehead atoms. The van der Waals surface area contributed by atoms with Crippen molar-refractivity contribution in [3.8, 4) is 0 Å². The van der Waals surface area contributed by atoms with E-state index < -0.39 is 18.2 Å². The lowest BCUT2D eigenvalue weighted by Crippen LogP contribution is -2.32. The number of alkyl halides is 1. The molecule has 3 N–H and O–H groups in total. The van der Waals surface area contributed by atoms with E-state index in [-0.39, 0.29) is 5.56 Å². The summed E-state index contributed by atoms with van der Waals surface area (Å²) in [6.45, 7) is 0. The highest BCUT2D eigenvalue weighted by Gasteiger charge is 2.24. The van der Waals surface area contributed by atoms with Crippen molar-refractivity contribution < 1.29 is 14.3 Å². The molecule has 1 aromatic rings. The molecule has 1 aromatic carbocycles. The molecule has 0 unspecified atom stereocenters. The lowest BCUT2D eigenvalue weighted by molar-refractivity contribution is -0.129. The van der Waals surface area contributed by atoms with Gasteiger partial charge in [0.25, 0.3) is 0 Å². The van der Waals surface area contributed by atoms with Crippen LogP contribution in [0, 0.1) is 0 Å². The van der Waals surface area contributed by atoms with Gasteiger partial charge in [-0.1, -0.05) is 30.3 Å². The van der Waals surface area contributed by atoms with Gasteiger partial charge >= 0.3 is 0 Å². The van der Waals surface area contributed by atoms with Gasteiger partial charge < -0.3 is 10.8 Å². The van der Waals surface area contributed by atoms with Crippen LogP contribution in [0.25, 0.3) is 0 Å². The number of carbonyl (C=O) groups excluding carboxylic acids is 1. The highest BCUT2D eigenvalue weighted by atomic mass is 19.1. The van der Waals surface area contributed by atoms with E-state index in [4.69, 9.17) is 10.8 Å². The second kappa shape index (κ2) is 4.00. The van der Waals surface area contributed by atoms with Crippen LogP contribution in [0.15, 0.2) is 30.3 Å². The predicted molar refractivity (Wildman–Crippen MR) is 45.5 cm³/mol. The smallest absolute Gasteiger partial charge is 0.249 e. The number of aliphatic hydroxyl groups excluding tert-OH is 1. The maximum atomic E-state index is 13.2. The molecule has 0 spiro atoms. The molecule has 3 nitrogen and oxygen atoms in total. The van der Waals surface area contributed by atoms with Crippen LogP contribution < -0.4 is 5.73 Å². The minimum absolute atomic E-state index is 0.244. The zero-order chi connectivity index (χ0) is 9.84. The van der Waals surface area contributed by atoms with Gasteiger partial charge in [-0.15, -0.1) is 0 Å². The van der Waals surface area contributed by atoms with Crippen LogP contribution >= 0.6 is 0 Å². The van der Waals surface area contributed by atoms with E-state index in [0.717, 1.165) is 0 Å². The van der Waals surface area contributed by atoms with Gasteiger partial charge in [-0.05, 0) is 5.56 Å². The van der Waals surface area contributed by atoms with Crippen molar-refractivity contribution in [3.05, 3.63) is 35.9 Å². The molecule has 0 radical (unpaired) electrons. The zero-order valence-electron chi connectivity index (χ0n) is 6.85.